The maximum absolute atomic E-state index is 12.1. The van der Waals surface area contributed by atoms with Crippen LogP contribution in [0.3, 0.4) is 0 Å². The van der Waals surface area contributed by atoms with Crippen LogP contribution in [-0.4, -0.2) is 18.7 Å². The topological polar surface area (TPSA) is 43.4 Å². The van der Waals surface area contributed by atoms with Crippen LogP contribution in [0.15, 0.2) is 12.1 Å². The van der Waals surface area contributed by atoms with Crippen LogP contribution < -0.4 is 4.74 Å². The van der Waals surface area contributed by atoms with Crippen molar-refractivity contribution in [3.63, 3.8) is 0 Å². The number of benzene rings is 1. The fourth-order valence-corrected chi connectivity index (χ4v) is 1.79. The van der Waals surface area contributed by atoms with Crippen molar-refractivity contribution in [2.45, 2.75) is 13.5 Å². The second kappa shape index (κ2) is 5.33. The highest BCUT2D eigenvalue weighted by atomic mass is 127. The Hall–Kier alpha value is -1.05. The molecule has 0 N–H and O–H groups in total. The highest BCUT2D eigenvalue weighted by Gasteiger charge is 2.16. The first-order valence-corrected chi connectivity index (χ1v) is 5.28. The maximum Gasteiger partial charge on any atom is 0.387 e. The van der Waals surface area contributed by atoms with Crippen LogP contribution in [0.25, 0.3) is 0 Å². The molecule has 0 aliphatic rings. The number of alkyl halides is 2. The molecular weight excluding hydrogens is 333 g/mol. The molecule has 0 radical (unpaired) electrons. The molecule has 0 atom stereocenters. The van der Waals surface area contributed by atoms with Crippen LogP contribution in [0, 0.1) is 3.57 Å². The minimum absolute atomic E-state index is 0.0811. The van der Waals surface area contributed by atoms with Crippen LogP contribution in [-0.2, 0) is 0 Å². The number of ketones is 1. The van der Waals surface area contributed by atoms with Gasteiger partial charge in [-0.1, -0.05) is 0 Å². The van der Waals surface area contributed by atoms with Crippen LogP contribution >= 0.6 is 22.6 Å². The largest absolute Gasteiger partial charge is 0.434 e. The molecular formula is C10H7F2IO3. The third-order valence-corrected chi connectivity index (χ3v) is 2.44. The lowest BCUT2D eigenvalue weighted by atomic mass is 10.0. The van der Waals surface area contributed by atoms with Crippen molar-refractivity contribution >= 4 is 34.7 Å². The van der Waals surface area contributed by atoms with Gasteiger partial charge < -0.3 is 4.74 Å². The summed E-state index contributed by atoms with van der Waals surface area (Å²) in [7, 11) is 0. The Morgan fingerprint density at radius 1 is 1.50 bits per heavy atom. The number of rotatable bonds is 4. The summed E-state index contributed by atoms with van der Waals surface area (Å²) in [5, 5.41) is 0. The molecule has 0 fully saturated rings. The fraction of sp³-hybridized carbons (Fsp3) is 0.200. The molecule has 86 valence electrons. The van der Waals surface area contributed by atoms with Crippen LogP contribution in [0.5, 0.6) is 5.75 Å². The Morgan fingerprint density at radius 2 is 2.12 bits per heavy atom. The van der Waals surface area contributed by atoms with Crippen molar-refractivity contribution < 1.29 is 23.1 Å². The summed E-state index contributed by atoms with van der Waals surface area (Å²) in [6.45, 7) is -1.78. The van der Waals surface area contributed by atoms with E-state index in [-0.39, 0.29) is 22.7 Å². The second-order valence-electron chi connectivity index (χ2n) is 2.92. The Bertz CT molecular complexity index is 432. The Balaban J connectivity index is 3.35. The van der Waals surface area contributed by atoms with Crippen molar-refractivity contribution in [3.05, 3.63) is 26.8 Å². The third kappa shape index (κ3) is 2.97. The molecule has 1 aromatic rings. The van der Waals surface area contributed by atoms with E-state index in [1.54, 1.807) is 0 Å². The smallest absolute Gasteiger partial charge is 0.387 e. The lowest BCUT2D eigenvalue weighted by molar-refractivity contribution is -0.0501. The molecule has 0 saturated heterocycles. The van der Waals surface area contributed by atoms with Crippen molar-refractivity contribution in [2.24, 2.45) is 0 Å². The maximum atomic E-state index is 12.1. The average Bonchev–Trinajstić information content (AvgIpc) is 2.15. The number of halogens is 3. The number of hydrogen-bond acceptors (Lipinski definition) is 3. The number of ether oxygens (including phenoxy) is 1. The van der Waals surface area contributed by atoms with E-state index >= 15 is 0 Å². The van der Waals surface area contributed by atoms with Gasteiger partial charge in [0.15, 0.2) is 12.1 Å². The molecule has 0 spiro atoms. The van der Waals surface area contributed by atoms with Gasteiger partial charge in [-0.15, -0.1) is 0 Å². The van der Waals surface area contributed by atoms with Gasteiger partial charge in [0, 0.05) is 9.13 Å². The van der Waals surface area contributed by atoms with Gasteiger partial charge in [0.1, 0.15) is 5.75 Å². The van der Waals surface area contributed by atoms with Crippen molar-refractivity contribution in [3.8, 4) is 5.75 Å². The van der Waals surface area contributed by atoms with Crippen LogP contribution in [0.4, 0.5) is 8.78 Å². The molecule has 3 nitrogen and oxygen atoms in total. The molecule has 0 aliphatic carbocycles. The molecule has 1 rings (SSSR count). The minimum atomic E-state index is -3.03. The van der Waals surface area contributed by atoms with Gasteiger partial charge in [-0.05, 0) is 41.6 Å². The van der Waals surface area contributed by atoms with Crippen molar-refractivity contribution in [1.29, 1.82) is 0 Å². The van der Waals surface area contributed by atoms with E-state index in [9.17, 15) is 18.4 Å². The van der Waals surface area contributed by atoms with Gasteiger partial charge >= 0.3 is 6.61 Å². The van der Waals surface area contributed by atoms with Crippen molar-refractivity contribution in [1.82, 2.24) is 0 Å². The summed E-state index contributed by atoms with van der Waals surface area (Å²) in [6.07, 6.45) is 0.338. The lowest BCUT2D eigenvalue weighted by Gasteiger charge is -2.10. The molecule has 0 saturated carbocycles. The monoisotopic (exact) mass is 340 g/mol. The molecule has 16 heavy (non-hydrogen) atoms. The standard InChI is InChI=1S/C10H7F2IO3/c1-5(15)7-2-6(13)3-9(8(7)4-14)16-10(11)12/h2-4,10H,1H3. The molecule has 0 bridgehead atoms. The number of Topliss-reactive ketones (excluding diaryl/α,β-unsaturated/α-hetero) is 1. The first-order valence-electron chi connectivity index (χ1n) is 4.20. The number of aldehydes is 1. The van der Waals surface area contributed by atoms with E-state index in [0.29, 0.717) is 9.86 Å². The normalized spacial score (nSPS) is 10.3. The van der Waals surface area contributed by atoms with Crippen LogP contribution in [0.1, 0.15) is 27.6 Å². The predicted molar refractivity (Wildman–Crippen MR) is 61.2 cm³/mol. The quantitative estimate of drug-likeness (QED) is 0.481. The molecule has 0 aromatic heterocycles. The van der Waals surface area contributed by atoms with E-state index in [0.717, 1.165) is 0 Å². The zero-order valence-corrected chi connectivity index (χ0v) is 10.3. The predicted octanol–water partition coefficient (Wildman–Crippen LogP) is 2.91. The molecule has 0 unspecified atom stereocenters. The molecule has 0 aliphatic heterocycles. The van der Waals surface area contributed by atoms with Gasteiger partial charge in [-0.3, -0.25) is 9.59 Å². The summed E-state index contributed by atoms with van der Waals surface area (Å²) in [5.74, 6) is -0.651. The second-order valence-corrected chi connectivity index (χ2v) is 4.16. The zero-order valence-electron chi connectivity index (χ0n) is 8.17. The fourth-order valence-electron chi connectivity index (χ4n) is 1.20. The zero-order chi connectivity index (χ0) is 12.3. The van der Waals surface area contributed by atoms with E-state index < -0.39 is 6.61 Å². The number of carbonyl (C=O) groups is 2. The number of hydrogen-bond donors (Lipinski definition) is 0. The summed E-state index contributed by atoms with van der Waals surface area (Å²) in [4.78, 5) is 22.0. The lowest BCUT2D eigenvalue weighted by Crippen LogP contribution is -2.08. The molecule has 0 heterocycles. The van der Waals surface area contributed by atoms with Gasteiger partial charge in [0.25, 0.3) is 0 Å². The van der Waals surface area contributed by atoms with E-state index in [2.05, 4.69) is 4.74 Å². The Morgan fingerprint density at radius 3 is 2.56 bits per heavy atom. The summed E-state index contributed by atoms with van der Waals surface area (Å²) in [6, 6.07) is 2.73. The first-order chi connectivity index (χ1) is 7.45. The summed E-state index contributed by atoms with van der Waals surface area (Å²) < 4.78 is 28.9. The molecule has 1 aromatic carbocycles. The summed E-state index contributed by atoms with van der Waals surface area (Å²) in [5.41, 5.74) is -0.0641. The molecule has 0 amide bonds. The van der Waals surface area contributed by atoms with E-state index in [1.807, 2.05) is 22.6 Å². The van der Waals surface area contributed by atoms with Gasteiger partial charge in [-0.2, -0.15) is 8.78 Å². The van der Waals surface area contributed by atoms with Crippen molar-refractivity contribution in [2.75, 3.05) is 0 Å². The average molecular weight is 340 g/mol. The molecule has 6 heteroatoms. The Labute approximate surface area is 104 Å². The SMILES string of the molecule is CC(=O)c1cc(I)cc(OC(F)F)c1C=O. The highest BCUT2D eigenvalue weighted by Crippen LogP contribution is 2.26. The van der Waals surface area contributed by atoms with Gasteiger partial charge in [0.05, 0.1) is 5.56 Å². The minimum Gasteiger partial charge on any atom is -0.434 e. The van der Waals surface area contributed by atoms with Gasteiger partial charge in [0.2, 0.25) is 0 Å². The van der Waals surface area contributed by atoms with E-state index in [1.165, 1.54) is 19.1 Å². The van der Waals surface area contributed by atoms with Gasteiger partial charge in [-0.25, -0.2) is 0 Å². The number of carbonyl (C=O) groups excluding carboxylic acids is 2. The third-order valence-electron chi connectivity index (χ3n) is 1.82. The van der Waals surface area contributed by atoms with E-state index in [4.69, 9.17) is 0 Å². The summed E-state index contributed by atoms with van der Waals surface area (Å²) >= 11 is 1.85. The first kappa shape index (κ1) is 13.0. The highest BCUT2D eigenvalue weighted by molar-refractivity contribution is 14.1. The van der Waals surface area contributed by atoms with Crippen LogP contribution in [0.2, 0.25) is 0 Å². The Kier molecular flexibility index (Phi) is 4.34.